The molecule has 0 aromatic heterocycles. The van der Waals surface area contributed by atoms with Crippen molar-refractivity contribution >= 4 is 16.6 Å². The smallest absolute Gasteiger partial charge is 0.192 e. The standard InChI is InChI=1S/C25H50O3Si2/c1-11-18-19-23(27-29(12-2,13-3)14-4)25(10)21-20-22(26-25)24(8,9)28-30(15-5,16-6)17-7/h1,22-23H,12-21H2,2-10H3/t22-,23+,25-/m1/s1. The van der Waals surface area contributed by atoms with Gasteiger partial charge >= 0.3 is 0 Å². The fourth-order valence-electron chi connectivity index (χ4n) is 5.18. The highest BCUT2D eigenvalue weighted by Crippen LogP contribution is 2.44. The Bertz CT molecular complexity index is 533. The van der Waals surface area contributed by atoms with Gasteiger partial charge < -0.3 is 13.6 Å². The summed E-state index contributed by atoms with van der Waals surface area (Å²) in [4.78, 5) is 0. The lowest BCUT2D eigenvalue weighted by Crippen LogP contribution is -2.53. The molecule has 1 heterocycles. The second-order valence-electron chi connectivity index (χ2n) is 10.00. The monoisotopic (exact) mass is 454 g/mol. The van der Waals surface area contributed by atoms with E-state index in [0.29, 0.717) is 0 Å². The lowest BCUT2D eigenvalue weighted by molar-refractivity contribution is -0.146. The molecule has 0 bridgehead atoms. The summed E-state index contributed by atoms with van der Waals surface area (Å²) >= 11 is 0. The summed E-state index contributed by atoms with van der Waals surface area (Å²) in [5.74, 6) is 2.83. The minimum absolute atomic E-state index is 0.0754. The maximum atomic E-state index is 6.99. The number of hydrogen-bond donors (Lipinski definition) is 0. The first-order valence-electron chi connectivity index (χ1n) is 12.5. The maximum Gasteiger partial charge on any atom is 0.192 e. The second-order valence-corrected chi connectivity index (χ2v) is 19.4. The third-order valence-corrected chi connectivity index (χ3v) is 17.5. The van der Waals surface area contributed by atoms with Crippen molar-refractivity contribution < 1.29 is 13.6 Å². The van der Waals surface area contributed by atoms with Gasteiger partial charge in [-0.15, -0.1) is 12.3 Å². The van der Waals surface area contributed by atoms with Crippen LogP contribution in [0.5, 0.6) is 0 Å². The molecule has 0 saturated carbocycles. The van der Waals surface area contributed by atoms with Crippen molar-refractivity contribution in [3.8, 4) is 12.3 Å². The summed E-state index contributed by atoms with van der Waals surface area (Å²) in [7, 11) is -3.44. The molecule has 1 fully saturated rings. The van der Waals surface area contributed by atoms with Gasteiger partial charge in [0.05, 0.1) is 23.4 Å². The Morgan fingerprint density at radius 1 is 1.00 bits per heavy atom. The fraction of sp³-hybridized carbons (Fsp3) is 0.920. The summed E-state index contributed by atoms with van der Waals surface area (Å²) in [5.41, 5.74) is -0.549. The molecule has 176 valence electrons. The summed E-state index contributed by atoms with van der Waals surface area (Å²) in [5, 5.41) is 0. The molecule has 30 heavy (non-hydrogen) atoms. The van der Waals surface area contributed by atoms with E-state index in [1.54, 1.807) is 0 Å². The maximum absolute atomic E-state index is 6.99. The zero-order valence-electron chi connectivity index (χ0n) is 21.5. The molecule has 1 rings (SSSR count). The Kier molecular flexibility index (Phi) is 10.8. The molecule has 0 aliphatic carbocycles. The van der Waals surface area contributed by atoms with Gasteiger partial charge in [0, 0.05) is 6.42 Å². The Labute approximate surface area is 190 Å². The predicted octanol–water partition coefficient (Wildman–Crippen LogP) is 7.53. The Balaban J connectivity index is 3.06. The van der Waals surface area contributed by atoms with Crippen LogP contribution in [0.25, 0.3) is 0 Å². The van der Waals surface area contributed by atoms with E-state index < -0.39 is 16.6 Å². The van der Waals surface area contributed by atoms with Crippen LogP contribution >= 0.6 is 0 Å². The Morgan fingerprint density at radius 3 is 1.93 bits per heavy atom. The minimum atomic E-state index is -1.74. The van der Waals surface area contributed by atoms with Crippen molar-refractivity contribution in [1.29, 1.82) is 0 Å². The van der Waals surface area contributed by atoms with Crippen LogP contribution in [0.15, 0.2) is 0 Å². The molecular formula is C25H50O3Si2. The molecule has 5 heteroatoms. The molecular weight excluding hydrogens is 404 g/mol. The SMILES string of the molecule is C#CCC[C@H](O[Si](CC)(CC)CC)[C@@]1(C)CC[C@H](C(C)(C)O[Si](CC)(CC)CC)O1. The van der Waals surface area contributed by atoms with E-state index in [2.05, 4.69) is 68.2 Å². The zero-order valence-corrected chi connectivity index (χ0v) is 23.5. The van der Waals surface area contributed by atoms with Gasteiger partial charge in [-0.05, 0) is 76.3 Å². The molecule has 0 spiro atoms. The quantitative estimate of drug-likeness (QED) is 0.200. The Morgan fingerprint density at radius 2 is 1.50 bits per heavy atom. The van der Waals surface area contributed by atoms with Crippen LogP contribution < -0.4 is 0 Å². The van der Waals surface area contributed by atoms with Crippen molar-refractivity contribution in [3.63, 3.8) is 0 Å². The van der Waals surface area contributed by atoms with E-state index in [1.165, 1.54) is 18.1 Å². The second kappa shape index (κ2) is 11.7. The van der Waals surface area contributed by atoms with E-state index in [0.717, 1.165) is 43.8 Å². The van der Waals surface area contributed by atoms with Crippen LogP contribution in [-0.4, -0.2) is 40.0 Å². The van der Waals surface area contributed by atoms with Crippen LogP contribution in [0.2, 0.25) is 36.3 Å². The highest BCUT2D eigenvalue weighted by Gasteiger charge is 2.51. The first kappa shape index (κ1) is 27.9. The van der Waals surface area contributed by atoms with E-state index in [1.807, 2.05) is 0 Å². The summed E-state index contributed by atoms with van der Waals surface area (Å²) in [6.07, 6.45) is 9.49. The number of ether oxygens (including phenoxy) is 1. The van der Waals surface area contributed by atoms with Gasteiger partial charge in [0.1, 0.15) is 0 Å². The third kappa shape index (κ3) is 6.45. The molecule has 0 aromatic carbocycles. The highest BCUT2D eigenvalue weighted by atomic mass is 28.4. The average molecular weight is 455 g/mol. The Hall–Kier alpha value is -0.126. The van der Waals surface area contributed by atoms with Crippen LogP contribution in [-0.2, 0) is 13.6 Å². The molecule has 0 radical (unpaired) electrons. The van der Waals surface area contributed by atoms with Crippen LogP contribution in [0.3, 0.4) is 0 Å². The summed E-state index contributed by atoms with van der Waals surface area (Å²) in [6, 6.07) is 6.95. The molecule has 1 saturated heterocycles. The van der Waals surface area contributed by atoms with Gasteiger partial charge in [0.15, 0.2) is 16.6 Å². The third-order valence-electron chi connectivity index (χ3n) is 8.06. The van der Waals surface area contributed by atoms with E-state index in [-0.39, 0.29) is 23.4 Å². The lowest BCUT2D eigenvalue weighted by atomic mass is 9.91. The van der Waals surface area contributed by atoms with E-state index in [9.17, 15) is 0 Å². The van der Waals surface area contributed by atoms with Gasteiger partial charge in [-0.25, -0.2) is 0 Å². The van der Waals surface area contributed by atoms with Crippen LogP contribution in [0.4, 0.5) is 0 Å². The van der Waals surface area contributed by atoms with Crippen molar-refractivity contribution in [3.05, 3.63) is 0 Å². The van der Waals surface area contributed by atoms with Gasteiger partial charge in [-0.1, -0.05) is 41.5 Å². The minimum Gasteiger partial charge on any atom is -0.411 e. The first-order chi connectivity index (χ1) is 14.0. The molecule has 1 aliphatic heterocycles. The van der Waals surface area contributed by atoms with E-state index >= 15 is 0 Å². The van der Waals surface area contributed by atoms with Gasteiger partial charge in [-0.3, -0.25) is 0 Å². The van der Waals surface area contributed by atoms with Crippen LogP contribution in [0.1, 0.15) is 88.0 Å². The summed E-state index contributed by atoms with van der Waals surface area (Å²) in [6.45, 7) is 20.5. The highest BCUT2D eigenvalue weighted by molar-refractivity contribution is 6.74. The molecule has 0 aromatic rings. The normalized spacial score (nSPS) is 24.1. The molecule has 0 N–H and O–H groups in total. The van der Waals surface area contributed by atoms with Crippen LogP contribution in [0, 0.1) is 12.3 Å². The summed E-state index contributed by atoms with van der Waals surface area (Å²) < 4.78 is 20.8. The zero-order chi connectivity index (χ0) is 23.1. The van der Waals surface area contributed by atoms with Gasteiger partial charge in [0.25, 0.3) is 0 Å². The topological polar surface area (TPSA) is 27.7 Å². The lowest BCUT2D eigenvalue weighted by Gasteiger charge is -2.44. The number of rotatable bonds is 14. The molecule has 1 aliphatic rings. The predicted molar refractivity (Wildman–Crippen MR) is 135 cm³/mol. The molecule has 3 atom stereocenters. The van der Waals surface area contributed by atoms with Crippen molar-refractivity contribution in [2.75, 3.05) is 0 Å². The largest absolute Gasteiger partial charge is 0.411 e. The molecule has 0 amide bonds. The average Bonchev–Trinajstić information content (AvgIpc) is 3.17. The first-order valence-corrected chi connectivity index (χ1v) is 17.6. The molecule has 0 unspecified atom stereocenters. The number of terminal acetylenes is 1. The van der Waals surface area contributed by atoms with E-state index in [4.69, 9.17) is 20.0 Å². The van der Waals surface area contributed by atoms with Gasteiger partial charge in [0.2, 0.25) is 0 Å². The molecule has 3 nitrogen and oxygen atoms in total. The van der Waals surface area contributed by atoms with Crippen molar-refractivity contribution in [2.24, 2.45) is 0 Å². The fourth-order valence-corrected chi connectivity index (χ4v) is 11.3. The number of hydrogen-bond acceptors (Lipinski definition) is 3. The van der Waals surface area contributed by atoms with Gasteiger partial charge in [-0.2, -0.15) is 0 Å². The van der Waals surface area contributed by atoms with Crippen molar-refractivity contribution in [2.45, 2.75) is 148 Å². The van der Waals surface area contributed by atoms with Crippen molar-refractivity contribution in [1.82, 2.24) is 0 Å².